The zero-order chi connectivity index (χ0) is 65.1. The minimum absolute atomic E-state index is 0.0400. The van der Waals surface area contributed by atoms with Gasteiger partial charge in [0.05, 0.1) is 48.4 Å². The third-order valence-corrected chi connectivity index (χ3v) is 17.3. The van der Waals surface area contributed by atoms with Crippen molar-refractivity contribution in [2.75, 3.05) is 67.8 Å². The van der Waals surface area contributed by atoms with E-state index in [9.17, 15) is 29.2 Å². The fourth-order valence-electron chi connectivity index (χ4n) is 12.2. The highest BCUT2D eigenvalue weighted by atomic mass is 35.5. The normalized spacial score (nSPS) is 17.3. The molecule has 4 heterocycles. The predicted molar refractivity (Wildman–Crippen MR) is 352 cm³/mol. The van der Waals surface area contributed by atoms with Crippen molar-refractivity contribution in [3.8, 4) is 23.3 Å². The van der Waals surface area contributed by atoms with Crippen LogP contribution in [-0.4, -0.2) is 102 Å². The highest BCUT2D eigenvalue weighted by Crippen LogP contribution is 2.53. The molecule has 2 saturated heterocycles. The van der Waals surface area contributed by atoms with Crippen LogP contribution in [-0.2, 0) is 19.8 Å². The number of hydrogen-bond acceptors (Lipinski definition) is 13. The zero-order valence-electron chi connectivity index (χ0n) is 51.9. The minimum Gasteiger partial charge on any atom is -0.495 e. The van der Waals surface area contributed by atoms with E-state index >= 15 is 8.78 Å². The van der Waals surface area contributed by atoms with Gasteiger partial charge in [-0.05, 0) is 116 Å². The third-order valence-electron chi connectivity index (χ3n) is 16.8. The van der Waals surface area contributed by atoms with Crippen molar-refractivity contribution in [3.63, 3.8) is 0 Å². The van der Waals surface area contributed by atoms with Crippen LogP contribution in [0.5, 0.6) is 11.5 Å². The summed E-state index contributed by atoms with van der Waals surface area (Å²) >= 11 is 12.5. The van der Waals surface area contributed by atoms with Crippen molar-refractivity contribution in [1.29, 1.82) is 5.26 Å². The highest BCUT2D eigenvalue weighted by Gasteiger charge is 2.61. The van der Waals surface area contributed by atoms with E-state index in [0.717, 1.165) is 56.7 Å². The molecule has 9 rings (SSSR count). The van der Waals surface area contributed by atoms with E-state index in [2.05, 4.69) is 49.1 Å². The lowest BCUT2D eigenvalue weighted by Gasteiger charge is -2.37. The summed E-state index contributed by atoms with van der Waals surface area (Å²) in [5.74, 6) is -3.09. The number of fused-ring (bicyclic) bond motifs is 1. The summed E-state index contributed by atoms with van der Waals surface area (Å²) in [4.78, 5) is 80.2. The predicted octanol–water partition coefficient (Wildman–Crippen LogP) is 12.7. The zero-order valence-corrected chi connectivity index (χ0v) is 53.4. The lowest BCUT2D eigenvalue weighted by Crippen LogP contribution is -2.48. The van der Waals surface area contributed by atoms with Gasteiger partial charge in [-0.25, -0.2) is 13.8 Å². The van der Waals surface area contributed by atoms with Crippen molar-refractivity contribution < 1.29 is 37.4 Å². The summed E-state index contributed by atoms with van der Waals surface area (Å²) in [5.41, 5.74) is 1.57. The number of pyridine rings is 1. The summed E-state index contributed by atoms with van der Waals surface area (Å²) in [6.45, 7) is 14.2. The van der Waals surface area contributed by atoms with Gasteiger partial charge in [-0.15, -0.1) is 0 Å². The molecule has 4 amide bonds. The monoisotopic (exact) mass is 1280 g/mol. The number of aryl methyl sites for hydroxylation is 1. The van der Waals surface area contributed by atoms with Crippen molar-refractivity contribution >= 4 is 86.6 Å². The fraction of sp³-hybridized carbons (Fsp3) is 0.362. The molecule has 5 aromatic carbocycles. The Morgan fingerprint density at radius 2 is 1.54 bits per heavy atom. The van der Waals surface area contributed by atoms with Crippen LogP contribution in [0.2, 0.25) is 10.0 Å². The lowest BCUT2D eigenvalue weighted by molar-refractivity contribution is -0.131. The molecule has 2 fully saturated rings. The van der Waals surface area contributed by atoms with E-state index in [1.165, 1.54) is 60.2 Å². The Bertz CT molecular complexity index is 3980. The Balaban J connectivity index is 0.706. The van der Waals surface area contributed by atoms with Crippen LogP contribution >= 0.6 is 23.2 Å². The molecule has 0 radical (unpaired) electrons. The van der Waals surface area contributed by atoms with Crippen molar-refractivity contribution in [1.82, 2.24) is 30.1 Å². The largest absolute Gasteiger partial charge is 0.495 e. The molecule has 0 saturated carbocycles. The molecule has 0 unspecified atom stereocenters. The molecule has 4 atom stereocenters. The first-order valence-electron chi connectivity index (χ1n) is 30.4. The van der Waals surface area contributed by atoms with E-state index in [4.69, 9.17) is 37.7 Å². The summed E-state index contributed by atoms with van der Waals surface area (Å²) < 4.78 is 45.3. The molecule has 2 aliphatic heterocycles. The number of hydrogen-bond donors (Lipinski definition) is 5. The number of benzene rings is 5. The number of unbranched alkanes of at least 4 members (excludes halogenated alkanes) is 6. The SMILES string of the molecule is C=CC(=O)Nc1cccc(-n2c(=O)cc(C)c3cnc(Nc4ccc(N5CCN(C(=O)CCCCCCCCCNC(=O)c6ccc(NC(=O)[C@@H]7N[C@@H](CC(C)(C)C)[C@](C#N)(c8ccc(Cl)cc8F)[C@H]7c7cccc(Cl)c7F)c(OC)c6)CC5)cc4OC)nc32)c1. The molecule has 0 bridgehead atoms. The van der Waals surface area contributed by atoms with Gasteiger partial charge in [0.25, 0.3) is 11.5 Å². The number of amides is 4. The van der Waals surface area contributed by atoms with Gasteiger partial charge < -0.3 is 45.9 Å². The summed E-state index contributed by atoms with van der Waals surface area (Å²) in [6, 6.07) is 27.4. The molecule has 7 aromatic rings. The maximum absolute atomic E-state index is 16.2. The van der Waals surface area contributed by atoms with Crippen LogP contribution in [0.15, 0.2) is 127 Å². The molecular weight excluding hydrogens is 1200 g/mol. The number of nitrogens with one attached hydrogen (secondary N) is 5. The number of halogens is 4. The van der Waals surface area contributed by atoms with Crippen LogP contribution in [0.1, 0.15) is 112 Å². The van der Waals surface area contributed by atoms with E-state index in [1.807, 2.05) is 50.8 Å². The number of rotatable bonds is 24. The van der Waals surface area contributed by atoms with Gasteiger partial charge in [-0.3, -0.25) is 28.5 Å². The van der Waals surface area contributed by atoms with E-state index in [1.54, 1.807) is 49.7 Å². The molecule has 22 heteroatoms. The molecule has 5 N–H and O–H groups in total. The number of anilines is 5. The Labute approximate surface area is 538 Å². The number of carbonyl (C=O) groups is 4. The molecule has 2 aromatic heterocycles. The number of piperazine rings is 1. The van der Waals surface area contributed by atoms with E-state index in [-0.39, 0.29) is 61.8 Å². The van der Waals surface area contributed by atoms with Gasteiger partial charge in [0.2, 0.25) is 23.7 Å². The molecule has 91 heavy (non-hydrogen) atoms. The summed E-state index contributed by atoms with van der Waals surface area (Å²) in [6.07, 6.45) is 10.0. The minimum atomic E-state index is -1.81. The third kappa shape index (κ3) is 15.3. The maximum Gasteiger partial charge on any atom is 0.257 e. The van der Waals surface area contributed by atoms with Gasteiger partial charge in [0.15, 0.2) is 5.65 Å². The number of aromatic nitrogens is 3. The second kappa shape index (κ2) is 29.4. The Morgan fingerprint density at radius 1 is 0.835 bits per heavy atom. The van der Waals surface area contributed by atoms with Crippen LogP contribution in [0.4, 0.5) is 37.5 Å². The first-order valence-corrected chi connectivity index (χ1v) is 31.2. The fourth-order valence-corrected chi connectivity index (χ4v) is 12.6. The molecule has 0 aliphatic carbocycles. The molecular formula is C69H75Cl2F2N11O7. The molecule has 18 nitrogen and oxygen atoms in total. The van der Waals surface area contributed by atoms with Crippen LogP contribution in [0.25, 0.3) is 16.7 Å². The highest BCUT2D eigenvalue weighted by molar-refractivity contribution is 6.31. The first-order chi connectivity index (χ1) is 43.7. The maximum atomic E-state index is 16.2. The van der Waals surface area contributed by atoms with Crippen LogP contribution in [0, 0.1) is 35.3 Å². The van der Waals surface area contributed by atoms with Gasteiger partial charge >= 0.3 is 0 Å². The lowest BCUT2D eigenvalue weighted by atomic mass is 9.62. The van der Waals surface area contributed by atoms with Gasteiger partial charge in [0.1, 0.15) is 28.5 Å². The molecule has 2 aliphatic rings. The number of carbonyl (C=O) groups excluding carboxylic acids is 4. The van der Waals surface area contributed by atoms with Gasteiger partial charge in [-0.1, -0.05) is 107 Å². The molecule has 0 spiro atoms. The number of nitriles is 1. The van der Waals surface area contributed by atoms with E-state index in [0.29, 0.717) is 90.5 Å². The second-order valence-corrected chi connectivity index (χ2v) is 25.0. The summed E-state index contributed by atoms with van der Waals surface area (Å²) in [5, 5.41) is 27.0. The Hall–Kier alpha value is -8.90. The van der Waals surface area contributed by atoms with Crippen LogP contribution in [0.3, 0.4) is 0 Å². The first kappa shape index (κ1) is 66.5. The smallest absolute Gasteiger partial charge is 0.257 e. The van der Waals surface area contributed by atoms with Gasteiger partial charge in [0, 0.05) is 102 Å². The Kier molecular flexibility index (Phi) is 21.5. The number of methoxy groups -OCH3 is 2. The Morgan fingerprint density at radius 3 is 2.24 bits per heavy atom. The standard InChI is InChI=1S/C69H75Cl2F2N11O7/c1-8-58(85)77-45-18-16-19-47(37-45)84-60(87)34-42(2)49-40-76-67(81-64(49)84)79-54-28-25-46(38-56(54)91-7)82-30-32-83(33-31-82)59(86)22-14-12-10-9-11-13-15-29-75-65(88)43-23-27-53(55(35-43)90-6)78-66(89)63-61(48-20-17-21-51(71)62(48)73)69(41-74,57(80-63)39-68(3,4)5)50-26-24-44(70)36-52(50)72/h8,16-21,23-28,34-38,40,57,61,63,80H,1,9-15,22,29-33,39H2,2-7H3,(H,75,88)(H,77,85)(H,78,89)(H,76,79,81)/t57-,61-,63+,69-/m0/s1. The number of nitrogens with zero attached hydrogens (tertiary/aromatic N) is 6. The summed E-state index contributed by atoms with van der Waals surface area (Å²) in [7, 11) is 2.99. The average Bonchev–Trinajstić information content (AvgIpc) is 1.59. The topological polar surface area (TPSA) is 225 Å². The van der Waals surface area contributed by atoms with Gasteiger partial charge in [-0.2, -0.15) is 10.2 Å². The van der Waals surface area contributed by atoms with Crippen LogP contribution < -0.4 is 46.5 Å². The second-order valence-electron chi connectivity index (χ2n) is 24.1. The molecule has 476 valence electrons. The average molecular weight is 1280 g/mol. The van der Waals surface area contributed by atoms with Crippen molar-refractivity contribution in [3.05, 3.63) is 176 Å². The number of ether oxygens (including phenoxy) is 2. The van der Waals surface area contributed by atoms with Crippen molar-refractivity contribution in [2.45, 2.75) is 109 Å². The quantitative estimate of drug-likeness (QED) is 0.0281. The van der Waals surface area contributed by atoms with Crippen molar-refractivity contribution in [2.24, 2.45) is 5.41 Å². The van der Waals surface area contributed by atoms with E-state index < -0.39 is 46.4 Å².